The van der Waals surface area contributed by atoms with Crippen LogP contribution in [0, 0.1) is 34.6 Å². The first-order chi connectivity index (χ1) is 13.6. The molecule has 0 saturated heterocycles. The zero-order valence-corrected chi connectivity index (χ0v) is 18.5. The minimum atomic E-state index is -0.698. The average molecular weight is 456 g/mol. The Balaban J connectivity index is 2.23. The van der Waals surface area contributed by atoms with Crippen LogP contribution in [0.2, 0.25) is 0 Å². The van der Waals surface area contributed by atoms with E-state index in [1.807, 2.05) is 58.9 Å². The molecule has 150 valence electrons. The van der Waals surface area contributed by atoms with Gasteiger partial charge in [0.25, 0.3) is 5.56 Å². The fraction of sp³-hybridized carbons (Fsp3) is 0.227. The molecule has 1 heterocycles. The predicted octanol–water partition coefficient (Wildman–Crippen LogP) is 4.29. The van der Waals surface area contributed by atoms with Crippen molar-refractivity contribution in [3.05, 3.63) is 83.0 Å². The van der Waals surface area contributed by atoms with E-state index < -0.39 is 17.1 Å². The van der Waals surface area contributed by atoms with Crippen molar-refractivity contribution < 1.29 is 5.11 Å². The second kappa shape index (κ2) is 7.83. The summed E-state index contributed by atoms with van der Waals surface area (Å²) in [5, 5.41) is 10.8. The van der Waals surface area contributed by atoms with Gasteiger partial charge in [-0.25, -0.2) is 9.36 Å². The number of aryl methyl sites for hydroxylation is 5. The lowest BCUT2D eigenvalue weighted by Crippen LogP contribution is -2.32. The fourth-order valence-corrected chi connectivity index (χ4v) is 4.31. The lowest BCUT2D eigenvalue weighted by atomic mass is 10.0. The van der Waals surface area contributed by atoms with E-state index in [9.17, 15) is 14.7 Å². The molecule has 29 heavy (non-hydrogen) atoms. The van der Waals surface area contributed by atoms with Gasteiger partial charge in [0.1, 0.15) is 5.56 Å². The Bertz CT molecular complexity index is 1220. The highest BCUT2D eigenvalue weighted by atomic mass is 79.9. The molecule has 0 aliphatic heterocycles. The third kappa shape index (κ3) is 3.96. The normalized spacial score (nSPS) is 11.4. The Hall–Kier alpha value is -2.93. The monoisotopic (exact) mass is 455 g/mol. The Morgan fingerprint density at radius 3 is 2.07 bits per heavy atom. The summed E-state index contributed by atoms with van der Waals surface area (Å²) in [6.45, 7) is 9.49. The highest BCUT2D eigenvalue weighted by Crippen LogP contribution is 2.28. The van der Waals surface area contributed by atoms with Crippen molar-refractivity contribution in [1.82, 2.24) is 9.55 Å². The summed E-state index contributed by atoms with van der Waals surface area (Å²) in [6.07, 6.45) is 1.30. The minimum absolute atomic E-state index is 0.0781. The zero-order chi connectivity index (χ0) is 21.5. The third-order valence-corrected chi connectivity index (χ3v) is 5.22. The van der Waals surface area contributed by atoms with Crippen molar-refractivity contribution in [3.8, 4) is 11.6 Å². The first-order valence-corrected chi connectivity index (χ1v) is 9.86. The van der Waals surface area contributed by atoms with Crippen LogP contribution in [0.25, 0.3) is 5.69 Å². The van der Waals surface area contributed by atoms with E-state index in [0.717, 1.165) is 36.9 Å². The molecule has 0 aliphatic rings. The van der Waals surface area contributed by atoms with Gasteiger partial charge < -0.3 is 5.11 Å². The van der Waals surface area contributed by atoms with Gasteiger partial charge in [-0.1, -0.05) is 33.6 Å². The molecule has 3 rings (SSSR count). The highest BCUT2D eigenvalue weighted by molar-refractivity contribution is 9.10. The van der Waals surface area contributed by atoms with Gasteiger partial charge >= 0.3 is 5.69 Å². The highest BCUT2D eigenvalue weighted by Gasteiger charge is 2.17. The van der Waals surface area contributed by atoms with Crippen LogP contribution in [0.5, 0.6) is 5.88 Å². The molecule has 0 atom stereocenters. The van der Waals surface area contributed by atoms with Gasteiger partial charge in [-0.2, -0.15) is 0 Å². The van der Waals surface area contributed by atoms with E-state index in [1.54, 1.807) is 0 Å². The molecule has 0 aliphatic carbocycles. The van der Waals surface area contributed by atoms with Crippen molar-refractivity contribution in [2.45, 2.75) is 34.6 Å². The number of hydrogen-bond donors (Lipinski definition) is 2. The molecule has 1 aromatic heterocycles. The Labute approximate surface area is 176 Å². The van der Waals surface area contributed by atoms with Gasteiger partial charge in [0.15, 0.2) is 0 Å². The maximum Gasteiger partial charge on any atom is 0.335 e. The van der Waals surface area contributed by atoms with Gasteiger partial charge in [0.05, 0.1) is 11.4 Å². The number of nitrogens with one attached hydrogen (secondary N) is 1. The smallest absolute Gasteiger partial charge is 0.335 e. The summed E-state index contributed by atoms with van der Waals surface area (Å²) >= 11 is 3.44. The summed E-state index contributed by atoms with van der Waals surface area (Å²) < 4.78 is 2.06. The molecule has 2 N–H and O–H groups in total. The van der Waals surface area contributed by atoms with Gasteiger partial charge in [-0.15, -0.1) is 0 Å². The molecule has 0 unspecified atom stereocenters. The van der Waals surface area contributed by atoms with Crippen LogP contribution in [0.3, 0.4) is 0 Å². The molecule has 0 radical (unpaired) electrons. The number of benzene rings is 2. The van der Waals surface area contributed by atoms with Crippen LogP contribution in [0.1, 0.15) is 33.4 Å². The molecule has 0 bridgehead atoms. The van der Waals surface area contributed by atoms with Crippen molar-refractivity contribution in [3.63, 3.8) is 0 Å². The van der Waals surface area contributed by atoms with Gasteiger partial charge in [-0.05, 0) is 69.0 Å². The summed E-state index contributed by atoms with van der Waals surface area (Å²) in [5.74, 6) is -0.440. The summed E-state index contributed by atoms with van der Waals surface area (Å²) in [7, 11) is 0. The molecule has 0 fully saturated rings. The van der Waals surface area contributed by atoms with Gasteiger partial charge in [-0.3, -0.25) is 14.8 Å². The Kier molecular flexibility index (Phi) is 5.61. The number of hydrogen-bond acceptors (Lipinski definition) is 4. The third-order valence-electron chi connectivity index (χ3n) is 4.76. The summed E-state index contributed by atoms with van der Waals surface area (Å²) in [6, 6.07) is 7.68. The first kappa shape index (κ1) is 20.8. The molecule has 0 amide bonds. The second-order valence-electron chi connectivity index (χ2n) is 7.23. The van der Waals surface area contributed by atoms with E-state index in [-0.39, 0.29) is 5.56 Å². The fourth-order valence-electron chi connectivity index (χ4n) is 3.62. The second-order valence-corrected chi connectivity index (χ2v) is 8.14. The lowest BCUT2D eigenvalue weighted by molar-refractivity contribution is 0.429. The quantitative estimate of drug-likeness (QED) is 0.577. The SMILES string of the molecule is Cc1cc(C)c(-n2c(O)c(C=Nc3c(C)cc(Br)cc3C)c(=O)[nH]c2=O)c(C)c1. The van der Waals surface area contributed by atoms with Crippen molar-refractivity contribution in [1.29, 1.82) is 0 Å². The number of aromatic amines is 1. The molecule has 0 spiro atoms. The molecule has 0 saturated carbocycles. The Morgan fingerprint density at radius 1 is 0.966 bits per heavy atom. The molecular formula is C22H22BrN3O3. The average Bonchev–Trinajstić information content (AvgIpc) is 2.58. The van der Waals surface area contributed by atoms with Crippen molar-refractivity contribution >= 4 is 27.8 Å². The lowest BCUT2D eigenvalue weighted by Gasteiger charge is -2.15. The number of halogens is 1. The minimum Gasteiger partial charge on any atom is -0.493 e. The van der Waals surface area contributed by atoms with Crippen LogP contribution in [-0.2, 0) is 0 Å². The van der Waals surface area contributed by atoms with E-state index in [1.165, 1.54) is 6.21 Å². The first-order valence-electron chi connectivity index (χ1n) is 9.07. The Morgan fingerprint density at radius 2 is 1.52 bits per heavy atom. The number of H-pyrrole nitrogens is 1. The van der Waals surface area contributed by atoms with Crippen LogP contribution < -0.4 is 11.2 Å². The van der Waals surface area contributed by atoms with Crippen LogP contribution in [-0.4, -0.2) is 20.9 Å². The van der Waals surface area contributed by atoms with Crippen LogP contribution >= 0.6 is 15.9 Å². The van der Waals surface area contributed by atoms with Crippen LogP contribution in [0.15, 0.2) is 43.3 Å². The standard InChI is InChI=1S/C22H22BrN3O3/c1-11-6-14(4)19(15(5)7-11)26-21(28)17(20(27)25-22(26)29)10-24-18-12(2)8-16(23)9-13(18)3/h6-10,28H,1-5H3,(H,25,27,29). The summed E-state index contributed by atoms with van der Waals surface area (Å²) in [4.78, 5) is 31.6. The van der Waals surface area contributed by atoms with Gasteiger partial charge in [0, 0.05) is 10.7 Å². The van der Waals surface area contributed by atoms with Gasteiger partial charge in [0.2, 0.25) is 5.88 Å². The maximum absolute atomic E-state index is 12.5. The number of nitrogens with zero attached hydrogens (tertiary/aromatic N) is 2. The molecular weight excluding hydrogens is 434 g/mol. The van der Waals surface area contributed by atoms with E-state index in [2.05, 4.69) is 25.9 Å². The number of aromatic nitrogens is 2. The van der Waals surface area contributed by atoms with E-state index in [4.69, 9.17) is 0 Å². The topological polar surface area (TPSA) is 87.4 Å². The van der Waals surface area contributed by atoms with Crippen molar-refractivity contribution in [2.75, 3.05) is 0 Å². The zero-order valence-electron chi connectivity index (χ0n) is 16.9. The molecule has 7 heteroatoms. The number of aliphatic imine (C=N–C) groups is 1. The van der Waals surface area contributed by atoms with E-state index in [0.29, 0.717) is 11.4 Å². The molecule has 2 aromatic carbocycles. The molecule has 3 aromatic rings. The van der Waals surface area contributed by atoms with Crippen molar-refractivity contribution in [2.24, 2.45) is 4.99 Å². The van der Waals surface area contributed by atoms with Crippen LogP contribution in [0.4, 0.5) is 5.69 Å². The predicted molar refractivity (Wildman–Crippen MR) is 119 cm³/mol. The molecule has 6 nitrogen and oxygen atoms in total. The van der Waals surface area contributed by atoms with E-state index >= 15 is 0 Å². The largest absolute Gasteiger partial charge is 0.493 e. The maximum atomic E-state index is 12.5. The summed E-state index contributed by atoms with van der Waals surface area (Å²) in [5.41, 5.74) is 4.29. The number of rotatable bonds is 3. The number of aromatic hydroxyl groups is 1.